The van der Waals surface area contributed by atoms with E-state index in [2.05, 4.69) is 15.5 Å². The summed E-state index contributed by atoms with van der Waals surface area (Å²) < 4.78 is 15.0. The highest BCUT2D eigenvalue weighted by atomic mass is 19.1. The molecule has 27 heavy (non-hydrogen) atoms. The molecule has 0 radical (unpaired) electrons. The van der Waals surface area contributed by atoms with Gasteiger partial charge in [-0.3, -0.25) is 14.0 Å². The summed E-state index contributed by atoms with van der Waals surface area (Å²) >= 11 is 0. The van der Waals surface area contributed by atoms with Gasteiger partial charge in [0.2, 0.25) is 0 Å². The van der Waals surface area contributed by atoms with Gasteiger partial charge in [-0.25, -0.2) is 4.39 Å². The summed E-state index contributed by atoms with van der Waals surface area (Å²) in [6, 6.07) is 8.70. The largest absolute Gasteiger partial charge is 0.481 e. The van der Waals surface area contributed by atoms with Crippen molar-refractivity contribution in [1.29, 1.82) is 0 Å². The number of aliphatic carboxylic acids is 1. The summed E-state index contributed by atoms with van der Waals surface area (Å²) in [7, 11) is 0. The van der Waals surface area contributed by atoms with Gasteiger partial charge in [-0.1, -0.05) is 19.1 Å². The average molecular weight is 370 g/mol. The number of amides is 1. The zero-order valence-corrected chi connectivity index (χ0v) is 14.9. The highest BCUT2D eigenvalue weighted by Gasteiger charge is 2.32. The molecule has 1 unspecified atom stereocenters. The fourth-order valence-corrected chi connectivity index (χ4v) is 3.04. The van der Waals surface area contributed by atoms with E-state index in [1.165, 1.54) is 24.3 Å². The number of pyridine rings is 1. The van der Waals surface area contributed by atoms with Crippen LogP contribution >= 0.6 is 0 Å². The van der Waals surface area contributed by atoms with Crippen LogP contribution in [0.4, 0.5) is 4.39 Å². The molecule has 1 atom stereocenters. The summed E-state index contributed by atoms with van der Waals surface area (Å²) in [4.78, 5) is 24.3. The Morgan fingerprint density at radius 3 is 2.56 bits per heavy atom. The van der Waals surface area contributed by atoms with Crippen LogP contribution in [0.1, 0.15) is 42.0 Å². The summed E-state index contributed by atoms with van der Waals surface area (Å²) in [5.74, 6) is -1.30. The van der Waals surface area contributed by atoms with E-state index < -0.39 is 23.2 Å². The number of carboxylic acids is 1. The number of aromatic nitrogens is 3. The number of carbonyl (C=O) groups is 2. The number of carbonyl (C=O) groups excluding carboxylic acids is 1. The van der Waals surface area contributed by atoms with Gasteiger partial charge < -0.3 is 10.4 Å². The molecule has 0 saturated heterocycles. The van der Waals surface area contributed by atoms with E-state index in [9.17, 15) is 19.1 Å². The van der Waals surface area contributed by atoms with E-state index in [1.54, 1.807) is 29.7 Å². The fraction of sp³-hybridized carbons (Fsp3) is 0.263. The molecule has 0 saturated carbocycles. The minimum atomic E-state index is -1.23. The zero-order valence-electron chi connectivity index (χ0n) is 14.9. The lowest BCUT2D eigenvalue weighted by molar-refractivity contribution is -0.138. The van der Waals surface area contributed by atoms with Crippen molar-refractivity contribution < 1.29 is 19.1 Å². The molecule has 1 aromatic carbocycles. The number of rotatable bonds is 6. The zero-order chi connectivity index (χ0) is 19.6. The minimum Gasteiger partial charge on any atom is -0.481 e. The standard InChI is InChI=1S/C19H19FN4O3/c1-3-15-22-23-17-14(5-4-10-24(15)17)18(27)21-19(2,11-16(25)26)12-6-8-13(20)9-7-12/h4-10H,3,11H2,1-2H3,(H,21,27)(H,25,26). The molecule has 1 amide bonds. The summed E-state index contributed by atoms with van der Waals surface area (Å²) in [6.45, 7) is 3.52. The van der Waals surface area contributed by atoms with Crippen LogP contribution in [0.15, 0.2) is 42.6 Å². The van der Waals surface area contributed by atoms with Crippen LogP contribution in [0.3, 0.4) is 0 Å². The van der Waals surface area contributed by atoms with Gasteiger partial charge in [0.15, 0.2) is 5.65 Å². The van der Waals surface area contributed by atoms with Gasteiger partial charge >= 0.3 is 5.97 Å². The molecule has 0 aliphatic carbocycles. The lowest BCUT2D eigenvalue weighted by atomic mass is 9.88. The molecule has 3 aromatic rings. The SMILES string of the molecule is CCc1nnc2c(C(=O)NC(C)(CC(=O)O)c3ccc(F)cc3)cccn12. The fourth-order valence-electron chi connectivity index (χ4n) is 3.04. The van der Waals surface area contributed by atoms with Gasteiger partial charge in [0, 0.05) is 12.6 Å². The molecular weight excluding hydrogens is 351 g/mol. The number of halogens is 1. The molecule has 2 heterocycles. The monoisotopic (exact) mass is 370 g/mol. The molecule has 2 N–H and O–H groups in total. The number of hydrogen-bond acceptors (Lipinski definition) is 4. The second-order valence-corrected chi connectivity index (χ2v) is 6.45. The molecular formula is C19H19FN4O3. The van der Waals surface area contributed by atoms with E-state index in [-0.39, 0.29) is 12.0 Å². The molecule has 3 rings (SSSR count). The maximum Gasteiger partial charge on any atom is 0.306 e. The third-order valence-electron chi connectivity index (χ3n) is 4.44. The number of benzene rings is 1. The van der Waals surface area contributed by atoms with Crippen LogP contribution in [-0.4, -0.2) is 31.6 Å². The van der Waals surface area contributed by atoms with Crippen molar-refractivity contribution in [3.63, 3.8) is 0 Å². The van der Waals surface area contributed by atoms with Crippen molar-refractivity contribution in [3.05, 3.63) is 65.4 Å². The predicted molar refractivity (Wildman–Crippen MR) is 95.8 cm³/mol. The van der Waals surface area contributed by atoms with Crippen molar-refractivity contribution in [3.8, 4) is 0 Å². The van der Waals surface area contributed by atoms with Crippen LogP contribution < -0.4 is 5.32 Å². The van der Waals surface area contributed by atoms with Crippen molar-refractivity contribution in [2.75, 3.05) is 0 Å². The molecule has 0 spiro atoms. The average Bonchev–Trinajstić information content (AvgIpc) is 3.04. The van der Waals surface area contributed by atoms with Crippen molar-refractivity contribution in [1.82, 2.24) is 19.9 Å². The Morgan fingerprint density at radius 1 is 1.22 bits per heavy atom. The van der Waals surface area contributed by atoms with Crippen LogP contribution in [0, 0.1) is 5.82 Å². The van der Waals surface area contributed by atoms with Gasteiger partial charge in [0.25, 0.3) is 5.91 Å². The molecule has 0 bridgehead atoms. The van der Waals surface area contributed by atoms with Gasteiger partial charge in [-0.05, 0) is 36.8 Å². The topological polar surface area (TPSA) is 96.6 Å². The molecule has 8 heteroatoms. The normalized spacial score (nSPS) is 13.3. The first-order valence-electron chi connectivity index (χ1n) is 8.47. The smallest absolute Gasteiger partial charge is 0.306 e. The number of nitrogens with zero attached hydrogens (tertiary/aromatic N) is 3. The van der Waals surface area contributed by atoms with Crippen LogP contribution in [0.25, 0.3) is 5.65 Å². The lowest BCUT2D eigenvalue weighted by Gasteiger charge is -2.30. The lowest BCUT2D eigenvalue weighted by Crippen LogP contribution is -2.45. The third kappa shape index (κ3) is 3.64. The second-order valence-electron chi connectivity index (χ2n) is 6.45. The Balaban J connectivity index is 1.99. The Labute approximate surface area is 154 Å². The first-order valence-corrected chi connectivity index (χ1v) is 8.47. The summed E-state index contributed by atoms with van der Waals surface area (Å²) in [5.41, 5.74) is -0.0637. The number of carboxylic acid groups (broad SMARTS) is 1. The Bertz CT molecular complexity index is 1000. The number of nitrogens with one attached hydrogen (secondary N) is 1. The highest BCUT2D eigenvalue weighted by Crippen LogP contribution is 2.26. The van der Waals surface area contributed by atoms with Gasteiger partial charge in [-0.15, -0.1) is 10.2 Å². The molecule has 0 aliphatic heterocycles. The van der Waals surface area contributed by atoms with Crippen LogP contribution in [0.5, 0.6) is 0 Å². The Kier molecular flexibility index (Phi) is 4.89. The summed E-state index contributed by atoms with van der Waals surface area (Å²) in [6.07, 6.45) is 2.06. The van der Waals surface area contributed by atoms with Gasteiger partial charge in [0.05, 0.1) is 17.5 Å². The molecule has 0 aliphatic rings. The minimum absolute atomic E-state index is 0.281. The predicted octanol–water partition coefficient (Wildman–Crippen LogP) is 2.55. The first kappa shape index (κ1) is 18.5. The number of hydrogen-bond donors (Lipinski definition) is 2. The first-order chi connectivity index (χ1) is 12.8. The van der Waals surface area contributed by atoms with E-state index >= 15 is 0 Å². The molecule has 0 fully saturated rings. The van der Waals surface area contributed by atoms with Crippen molar-refractivity contribution in [2.24, 2.45) is 0 Å². The molecule has 7 nitrogen and oxygen atoms in total. The van der Waals surface area contributed by atoms with Crippen LogP contribution in [-0.2, 0) is 16.8 Å². The van der Waals surface area contributed by atoms with Crippen LogP contribution in [0.2, 0.25) is 0 Å². The number of aryl methyl sites for hydroxylation is 1. The summed E-state index contributed by atoms with van der Waals surface area (Å²) in [5, 5.41) is 20.2. The van der Waals surface area contributed by atoms with E-state index in [4.69, 9.17) is 0 Å². The van der Waals surface area contributed by atoms with Crippen molar-refractivity contribution in [2.45, 2.75) is 32.2 Å². The van der Waals surface area contributed by atoms with E-state index in [1.807, 2.05) is 6.92 Å². The number of fused-ring (bicyclic) bond motifs is 1. The van der Waals surface area contributed by atoms with E-state index in [0.29, 0.717) is 23.5 Å². The maximum absolute atomic E-state index is 13.3. The van der Waals surface area contributed by atoms with Gasteiger partial charge in [-0.2, -0.15) is 0 Å². The Morgan fingerprint density at radius 2 is 1.93 bits per heavy atom. The third-order valence-corrected chi connectivity index (χ3v) is 4.44. The second kappa shape index (κ2) is 7.14. The highest BCUT2D eigenvalue weighted by molar-refractivity contribution is 6.00. The molecule has 140 valence electrons. The maximum atomic E-state index is 13.3. The Hall–Kier alpha value is -3.29. The quantitative estimate of drug-likeness (QED) is 0.695. The van der Waals surface area contributed by atoms with Gasteiger partial charge in [0.1, 0.15) is 11.6 Å². The van der Waals surface area contributed by atoms with Crippen molar-refractivity contribution >= 4 is 17.5 Å². The molecule has 2 aromatic heterocycles. The van der Waals surface area contributed by atoms with E-state index in [0.717, 1.165) is 0 Å².